The number of nitrogens with zero attached hydrogens (tertiary/aromatic N) is 2. The van der Waals surface area contributed by atoms with E-state index in [1.807, 2.05) is 5.43 Å². The lowest BCUT2D eigenvalue weighted by Crippen LogP contribution is -2.24. The van der Waals surface area contributed by atoms with Gasteiger partial charge in [0.05, 0.1) is 0 Å². The zero-order valence-electron chi connectivity index (χ0n) is 5.43. The van der Waals surface area contributed by atoms with Gasteiger partial charge in [-0.15, -0.1) is 5.43 Å². The molecule has 11 heavy (non-hydrogen) atoms. The Morgan fingerprint density at radius 1 is 1.45 bits per heavy atom. The highest BCUT2D eigenvalue weighted by molar-refractivity contribution is 5.36. The van der Waals surface area contributed by atoms with Gasteiger partial charge in [0.15, 0.2) is 17.4 Å². The Hall–Kier alpha value is -1.85. The van der Waals surface area contributed by atoms with Crippen LogP contribution >= 0.6 is 0 Å². The maximum absolute atomic E-state index is 10.4. The fourth-order valence-electron chi connectivity index (χ4n) is 0.593. The highest BCUT2D eigenvalue weighted by atomic mass is 16.7. The number of aromatic nitrogens is 1. The van der Waals surface area contributed by atoms with Crippen molar-refractivity contribution < 1.29 is 9.76 Å². The van der Waals surface area contributed by atoms with Gasteiger partial charge in [-0.05, 0) is 0 Å². The molecule has 0 amide bonds. The number of hydrogen-bond donors (Lipinski definition) is 1. The SMILES string of the molecule is O=[N+]([O-])Nc1cc[n+]([O-])cc1. The van der Waals surface area contributed by atoms with Crippen LogP contribution in [-0.4, -0.2) is 5.03 Å². The van der Waals surface area contributed by atoms with Gasteiger partial charge in [0.2, 0.25) is 0 Å². The lowest BCUT2D eigenvalue weighted by atomic mass is 10.4. The lowest BCUT2D eigenvalue weighted by molar-refractivity contribution is -0.605. The smallest absolute Gasteiger partial charge is 0.182 e. The summed E-state index contributed by atoms with van der Waals surface area (Å²) in [6, 6.07) is 2.63. The van der Waals surface area contributed by atoms with E-state index >= 15 is 0 Å². The van der Waals surface area contributed by atoms with E-state index in [9.17, 15) is 15.3 Å². The monoisotopic (exact) mass is 155 g/mol. The molecule has 0 aliphatic heterocycles. The van der Waals surface area contributed by atoms with Gasteiger partial charge in [-0.25, -0.2) is 10.1 Å². The van der Waals surface area contributed by atoms with E-state index in [4.69, 9.17) is 0 Å². The molecule has 0 fully saturated rings. The molecule has 0 radical (unpaired) electrons. The molecule has 0 atom stereocenters. The third-order valence-corrected chi connectivity index (χ3v) is 1.02. The molecule has 6 nitrogen and oxygen atoms in total. The van der Waals surface area contributed by atoms with E-state index in [0.717, 1.165) is 0 Å². The number of nitro groups is 1. The molecule has 6 heteroatoms. The van der Waals surface area contributed by atoms with Crippen LogP contribution in [0, 0.1) is 15.3 Å². The summed E-state index contributed by atoms with van der Waals surface area (Å²) >= 11 is 0. The first-order valence-electron chi connectivity index (χ1n) is 2.78. The highest BCUT2D eigenvalue weighted by Crippen LogP contribution is 2.00. The van der Waals surface area contributed by atoms with Crippen molar-refractivity contribution in [2.45, 2.75) is 0 Å². The standard InChI is InChI=1S/C5H5N3O3/c9-7-3-1-5(2-4-7)6-8(10)11/h1-4,6H. The molecule has 1 aromatic heterocycles. The van der Waals surface area contributed by atoms with Gasteiger partial charge in [-0.2, -0.15) is 4.73 Å². The Balaban J connectivity index is 2.74. The zero-order valence-corrected chi connectivity index (χ0v) is 5.43. The average molecular weight is 155 g/mol. The maximum Gasteiger partial charge on any atom is 0.182 e. The Labute approximate surface area is 61.8 Å². The molecule has 0 spiro atoms. The predicted molar refractivity (Wildman–Crippen MR) is 36.0 cm³/mol. The Morgan fingerprint density at radius 3 is 2.45 bits per heavy atom. The molecule has 58 valence electrons. The van der Waals surface area contributed by atoms with Crippen molar-refractivity contribution in [1.82, 2.24) is 0 Å². The molecule has 1 aromatic rings. The first kappa shape index (κ1) is 7.26. The molecule has 0 unspecified atom stereocenters. The fourth-order valence-corrected chi connectivity index (χ4v) is 0.593. The van der Waals surface area contributed by atoms with Crippen LogP contribution in [0.2, 0.25) is 0 Å². The van der Waals surface area contributed by atoms with E-state index in [2.05, 4.69) is 0 Å². The van der Waals surface area contributed by atoms with Crippen molar-refractivity contribution in [3.63, 3.8) is 0 Å². The Morgan fingerprint density at radius 2 is 2.00 bits per heavy atom. The van der Waals surface area contributed by atoms with Crippen molar-refractivity contribution in [3.8, 4) is 0 Å². The number of nitrogens with one attached hydrogen (secondary N) is 1. The summed E-state index contributed by atoms with van der Waals surface area (Å²) in [5.41, 5.74) is 2.18. The second kappa shape index (κ2) is 2.82. The van der Waals surface area contributed by atoms with Gasteiger partial charge in [-0.3, -0.25) is 0 Å². The number of anilines is 1. The van der Waals surface area contributed by atoms with Gasteiger partial charge < -0.3 is 5.21 Å². The average Bonchev–Trinajstić information content (AvgIpc) is 1.93. The molecule has 0 aliphatic carbocycles. The third kappa shape index (κ3) is 2.09. The second-order valence-corrected chi connectivity index (χ2v) is 1.82. The zero-order chi connectivity index (χ0) is 8.27. The van der Waals surface area contributed by atoms with Crippen molar-refractivity contribution >= 4 is 5.69 Å². The van der Waals surface area contributed by atoms with Crippen LogP contribution < -0.4 is 10.2 Å². The summed E-state index contributed by atoms with van der Waals surface area (Å²) in [6.45, 7) is 0. The molecular formula is C5H5N3O3. The molecule has 1 N–H and O–H groups in total. The first-order valence-corrected chi connectivity index (χ1v) is 2.78. The van der Waals surface area contributed by atoms with E-state index in [1.165, 1.54) is 24.5 Å². The van der Waals surface area contributed by atoms with Crippen LogP contribution in [0.1, 0.15) is 0 Å². The van der Waals surface area contributed by atoms with Gasteiger partial charge in [0, 0.05) is 12.1 Å². The fraction of sp³-hybridized carbons (Fsp3) is 0. The largest absolute Gasteiger partial charge is 0.619 e. The van der Waals surface area contributed by atoms with Gasteiger partial charge in [0.1, 0.15) is 5.69 Å². The Bertz CT molecular complexity index is 258. The lowest BCUT2D eigenvalue weighted by Gasteiger charge is -1.95. The van der Waals surface area contributed by atoms with E-state index < -0.39 is 5.03 Å². The number of hydrogen-bond acceptors (Lipinski definition) is 3. The first-order chi connectivity index (χ1) is 5.18. The minimum Gasteiger partial charge on any atom is -0.619 e. The minimum absolute atomic E-state index is 0.280. The van der Waals surface area contributed by atoms with Gasteiger partial charge in [-0.1, -0.05) is 0 Å². The van der Waals surface area contributed by atoms with Crippen LogP contribution in [0.4, 0.5) is 5.69 Å². The quantitative estimate of drug-likeness (QED) is 0.280. The van der Waals surface area contributed by atoms with Crippen molar-refractivity contribution in [2.24, 2.45) is 0 Å². The summed E-state index contributed by atoms with van der Waals surface area (Å²) in [5.74, 6) is 0. The summed E-state index contributed by atoms with van der Waals surface area (Å²) in [4.78, 5) is 9.86. The Kier molecular flexibility index (Phi) is 1.86. The summed E-state index contributed by atoms with van der Waals surface area (Å²) in [5, 5.41) is 19.6. The summed E-state index contributed by atoms with van der Waals surface area (Å²) in [6.07, 6.45) is 2.34. The molecule has 0 bridgehead atoms. The summed E-state index contributed by atoms with van der Waals surface area (Å²) in [7, 11) is 0. The molecule has 0 aromatic carbocycles. The highest BCUT2D eigenvalue weighted by Gasteiger charge is 1.98. The van der Waals surface area contributed by atoms with Gasteiger partial charge >= 0.3 is 0 Å². The van der Waals surface area contributed by atoms with E-state index in [0.29, 0.717) is 4.73 Å². The normalized spacial score (nSPS) is 9.09. The van der Waals surface area contributed by atoms with E-state index in [1.54, 1.807) is 0 Å². The molecular weight excluding hydrogens is 150 g/mol. The van der Waals surface area contributed by atoms with Crippen molar-refractivity contribution in [3.05, 3.63) is 39.8 Å². The van der Waals surface area contributed by atoms with Crippen LogP contribution in [-0.2, 0) is 0 Å². The van der Waals surface area contributed by atoms with E-state index in [-0.39, 0.29) is 5.69 Å². The summed E-state index contributed by atoms with van der Waals surface area (Å²) < 4.78 is 0.547. The van der Waals surface area contributed by atoms with Crippen LogP contribution in [0.5, 0.6) is 0 Å². The number of rotatable bonds is 2. The molecule has 1 rings (SSSR count). The van der Waals surface area contributed by atoms with Crippen molar-refractivity contribution in [2.75, 3.05) is 5.43 Å². The predicted octanol–water partition coefficient (Wildman–Crippen LogP) is -0.0764. The van der Waals surface area contributed by atoms with Crippen LogP contribution in [0.15, 0.2) is 24.5 Å². The minimum atomic E-state index is -0.690. The van der Waals surface area contributed by atoms with Crippen LogP contribution in [0.3, 0.4) is 0 Å². The number of pyridine rings is 1. The van der Waals surface area contributed by atoms with Gasteiger partial charge in [0.25, 0.3) is 0 Å². The topological polar surface area (TPSA) is 82.1 Å². The molecule has 1 heterocycles. The van der Waals surface area contributed by atoms with Crippen LogP contribution in [0.25, 0.3) is 0 Å². The van der Waals surface area contributed by atoms with Crippen molar-refractivity contribution in [1.29, 1.82) is 0 Å². The number of hydrazine groups is 1. The molecule has 0 aliphatic rings. The molecule has 0 saturated carbocycles. The third-order valence-electron chi connectivity index (χ3n) is 1.02. The second-order valence-electron chi connectivity index (χ2n) is 1.82. The molecule has 0 saturated heterocycles. The maximum atomic E-state index is 10.4.